The summed E-state index contributed by atoms with van der Waals surface area (Å²) in [6.07, 6.45) is 0. The van der Waals surface area contributed by atoms with Crippen LogP contribution in [0.4, 0.5) is 34.1 Å². The molecule has 0 N–H and O–H groups in total. The molecule has 0 aliphatic carbocycles. The lowest BCUT2D eigenvalue weighted by molar-refractivity contribution is 0.590. The SMILES string of the molecule is [2H]c1c([2H])c([2H])c(-c2ccc3c(c2)N(c2cc(-c4ccccc4)cc4c2c2ccccc2n4-c2ccccc2)c2cc(-n4c5ccc(C(C)(C)C)cc5c5cc(C(C)(C)C)ccc54)cc4c2B3c2ccc(-n3c5ccc(C(C)(C)C)cc5c5cc(C(C)(C)C)ccc53)cc2N4c2c(-c3ccccc3)cc(C(C)(C)C)cc2-c2ccccc2)c([2H])c1[2H]. The van der Waals surface area contributed by atoms with Gasteiger partial charge >= 0.3 is 0 Å². The van der Waals surface area contributed by atoms with Gasteiger partial charge in [0.1, 0.15) is 0 Å². The van der Waals surface area contributed by atoms with E-state index in [4.69, 9.17) is 1.37 Å². The minimum absolute atomic E-state index is 0.125. The average Bonchev–Trinajstić information content (AvgIpc) is 1.53. The van der Waals surface area contributed by atoms with E-state index in [1.54, 1.807) is 0 Å². The van der Waals surface area contributed by atoms with Crippen LogP contribution in [0.2, 0.25) is 0 Å². The molecule has 18 aromatic rings. The van der Waals surface area contributed by atoms with E-state index >= 15 is 0 Å². The summed E-state index contributed by atoms with van der Waals surface area (Å²) >= 11 is 0. The molecular weight excluding hydrogens is 1400 g/mol. The van der Waals surface area contributed by atoms with Crippen molar-refractivity contribution < 1.29 is 6.85 Å². The molecule has 3 aromatic heterocycles. The molecule has 15 aromatic carbocycles. The van der Waals surface area contributed by atoms with E-state index < -0.39 is 24.8 Å². The fourth-order valence-electron chi connectivity index (χ4n) is 18.6. The normalized spacial score (nSPS) is 13.9. The predicted molar refractivity (Wildman–Crippen MR) is 499 cm³/mol. The largest absolute Gasteiger partial charge is 0.311 e. The number of aromatic nitrogens is 3. The minimum atomic E-state index is -0.504. The monoisotopic (exact) mass is 1500 g/mol. The Bertz CT molecular complexity index is 7110. The van der Waals surface area contributed by atoms with Gasteiger partial charge in [0, 0.05) is 77.6 Å². The summed E-state index contributed by atoms with van der Waals surface area (Å²) in [6, 6.07) is 107. The van der Waals surface area contributed by atoms with E-state index in [2.05, 4.69) is 412 Å². The first-order valence-electron chi connectivity index (χ1n) is 43.6. The smallest absolute Gasteiger partial charge is 0.252 e. The summed E-state index contributed by atoms with van der Waals surface area (Å²) in [5, 5.41) is 6.77. The Morgan fingerprint density at radius 2 is 0.647 bits per heavy atom. The second-order valence-corrected chi connectivity index (χ2v) is 37.5. The fourth-order valence-corrected chi connectivity index (χ4v) is 18.6. The molecular formula is C110H98BN5. The molecule has 2 aliphatic rings. The first-order chi connectivity index (χ1) is 57.8. The van der Waals surface area contributed by atoms with Crippen LogP contribution in [0.15, 0.2) is 321 Å². The highest BCUT2D eigenvalue weighted by Crippen LogP contribution is 2.56. The molecule has 0 saturated carbocycles. The molecule has 0 fully saturated rings. The Morgan fingerprint density at radius 1 is 0.250 bits per heavy atom. The summed E-state index contributed by atoms with van der Waals surface area (Å²) in [4.78, 5) is 5.18. The highest BCUT2D eigenvalue weighted by Gasteiger charge is 2.46. The molecule has 566 valence electrons. The van der Waals surface area contributed by atoms with Crippen LogP contribution in [0.1, 0.15) is 139 Å². The molecule has 6 heteroatoms. The second kappa shape index (κ2) is 26.5. The first kappa shape index (κ1) is 66.8. The number of rotatable bonds is 9. The van der Waals surface area contributed by atoms with Crippen molar-refractivity contribution in [3.63, 3.8) is 0 Å². The minimum Gasteiger partial charge on any atom is -0.311 e. The Morgan fingerprint density at radius 3 is 1.14 bits per heavy atom. The second-order valence-electron chi connectivity index (χ2n) is 37.5. The van der Waals surface area contributed by atoms with Gasteiger partial charge in [0.2, 0.25) is 0 Å². The molecule has 20 rings (SSSR count). The lowest BCUT2D eigenvalue weighted by atomic mass is 9.33. The summed E-state index contributed by atoms with van der Waals surface area (Å²) in [7, 11) is 0. The van der Waals surface area contributed by atoms with Gasteiger partial charge < -0.3 is 23.5 Å². The summed E-state index contributed by atoms with van der Waals surface area (Å²) in [5.74, 6) is 0. The van der Waals surface area contributed by atoms with Crippen LogP contribution < -0.4 is 26.2 Å². The van der Waals surface area contributed by atoms with Crippen molar-refractivity contribution in [2.24, 2.45) is 0 Å². The molecule has 0 atom stereocenters. The van der Waals surface area contributed by atoms with Crippen molar-refractivity contribution in [2.45, 2.75) is 131 Å². The Kier molecular flexibility index (Phi) is 15.2. The van der Waals surface area contributed by atoms with Gasteiger partial charge in [0.15, 0.2) is 0 Å². The number of benzene rings is 15. The van der Waals surface area contributed by atoms with Gasteiger partial charge in [-0.1, -0.05) is 304 Å². The molecule has 0 bridgehead atoms. The Balaban J connectivity index is 1.02. The topological polar surface area (TPSA) is 21.3 Å². The lowest BCUT2D eigenvalue weighted by Crippen LogP contribution is -2.61. The van der Waals surface area contributed by atoms with E-state index in [9.17, 15) is 5.48 Å². The number of hydrogen-bond acceptors (Lipinski definition) is 2. The van der Waals surface area contributed by atoms with E-state index in [0.29, 0.717) is 5.56 Å². The molecule has 0 saturated heterocycles. The van der Waals surface area contributed by atoms with Crippen molar-refractivity contribution in [1.82, 2.24) is 13.7 Å². The summed E-state index contributed by atoms with van der Waals surface area (Å²) < 4.78 is 54.8. The molecule has 2 aliphatic heterocycles. The zero-order valence-corrected chi connectivity index (χ0v) is 69.0. The van der Waals surface area contributed by atoms with Crippen molar-refractivity contribution in [2.75, 3.05) is 9.80 Å². The maximum absolute atomic E-state index is 9.86. The molecule has 5 nitrogen and oxygen atoms in total. The van der Waals surface area contributed by atoms with Crippen LogP contribution in [0.5, 0.6) is 0 Å². The number of hydrogen-bond donors (Lipinski definition) is 0. The Labute approximate surface area is 690 Å². The number of nitrogens with zero attached hydrogens (tertiary/aromatic N) is 5. The van der Waals surface area contributed by atoms with Gasteiger partial charge in [-0.15, -0.1) is 0 Å². The van der Waals surface area contributed by atoms with E-state index in [-0.39, 0.29) is 44.7 Å². The van der Waals surface area contributed by atoms with Gasteiger partial charge in [0.25, 0.3) is 6.71 Å². The van der Waals surface area contributed by atoms with Crippen LogP contribution in [-0.4, -0.2) is 20.4 Å². The number of fused-ring (bicyclic) bond motifs is 13. The van der Waals surface area contributed by atoms with Gasteiger partial charge in [-0.25, -0.2) is 0 Å². The molecule has 0 amide bonds. The van der Waals surface area contributed by atoms with Crippen molar-refractivity contribution in [1.29, 1.82) is 0 Å². The number of anilines is 6. The number of para-hydroxylation sites is 2. The quantitative estimate of drug-likeness (QED) is 0.134. The maximum atomic E-state index is 9.86. The summed E-state index contributed by atoms with van der Waals surface area (Å²) in [6.45, 7) is 34.2. The van der Waals surface area contributed by atoms with Gasteiger partial charge in [0.05, 0.1) is 57.0 Å². The van der Waals surface area contributed by atoms with Crippen LogP contribution in [-0.2, 0) is 27.1 Å². The van der Waals surface area contributed by atoms with E-state index in [1.165, 1.54) is 38.6 Å². The van der Waals surface area contributed by atoms with Gasteiger partial charge in [-0.05, 0) is 226 Å². The van der Waals surface area contributed by atoms with Crippen LogP contribution >= 0.6 is 0 Å². The van der Waals surface area contributed by atoms with Crippen molar-refractivity contribution >= 4 is 123 Å². The van der Waals surface area contributed by atoms with E-state index in [0.717, 1.165) is 156 Å². The fraction of sp³-hybridized carbons (Fsp3) is 0.182. The van der Waals surface area contributed by atoms with Crippen molar-refractivity contribution in [3.05, 3.63) is 349 Å². The maximum Gasteiger partial charge on any atom is 0.252 e. The van der Waals surface area contributed by atoms with E-state index in [1.807, 2.05) is 6.07 Å². The molecule has 0 radical (unpaired) electrons. The average molecular weight is 1510 g/mol. The highest BCUT2D eigenvalue weighted by molar-refractivity contribution is 7.00. The molecule has 0 unspecified atom stereocenters. The lowest BCUT2D eigenvalue weighted by Gasteiger charge is -2.46. The standard InChI is InChI=1S/C110H98BN5/c1-106(2,3)75-46-53-93-86(60-75)87-61-76(107(4,5)6)47-54-94(87)113(93)81-50-52-91-98(66-81)116(105-84(71-37-25-18-26-38-71)64-79(110(13,14)15)65-85(105)72-39-27-19-28-40-72)102-68-82(114-95-55-48-77(108(7,8)9)62-88(95)89-63-78(109(10,11)12)49-56-96(89)114)67-101-104(102)111(91)90-51-45-73(69-33-21-16-22-34-69)57-97(90)115(101)100-59-74(70-35-23-17-24-36-70)58-99-103(100)83-43-31-32-44-92(83)112(99)80-41-29-20-30-42-80/h16-68H,1-15H3/i16D,21D,22D,33D,34D. The molecule has 0 spiro atoms. The van der Waals surface area contributed by atoms with Crippen molar-refractivity contribution in [3.8, 4) is 61.6 Å². The third kappa shape index (κ3) is 11.8. The molecule has 5 heterocycles. The summed E-state index contributed by atoms with van der Waals surface area (Å²) in [5.41, 5.74) is 30.3. The van der Waals surface area contributed by atoms with Crippen LogP contribution in [0.25, 0.3) is 127 Å². The zero-order chi connectivity index (χ0) is 84.2. The third-order valence-corrected chi connectivity index (χ3v) is 24.8. The van der Waals surface area contributed by atoms with Gasteiger partial charge in [-0.3, -0.25) is 0 Å². The van der Waals surface area contributed by atoms with Gasteiger partial charge in [-0.2, -0.15) is 0 Å². The third-order valence-electron chi connectivity index (χ3n) is 24.8. The Hall–Kier alpha value is -12.6. The van der Waals surface area contributed by atoms with Crippen LogP contribution in [0, 0.1) is 0 Å². The zero-order valence-electron chi connectivity index (χ0n) is 74.0. The highest BCUT2D eigenvalue weighted by atomic mass is 15.2. The van der Waals surface area contributed by atoms with Crippen LogP contribution in [0.3, 0.4) is 0 Å². The molecule has 116 heavy (non-hydrogen) atoms. The first-order valence-corrected chi connectivity index (χ1v) is 41.1. The predicted octanol–water partition coefficient (Wildman–Crippen LogP) is 28.2.